The second-order valence-electron chi connectivity index (χ2n) is 5.84. The van der Waals surface area contributed by atoms with Crippen LogP contribution in [0.1, 0.15) is 19.3 Å². The minimum Gasteiger partial charge on any atom is -0.368 e. The molecule has 8 heteroatoms. The Hall–Kier alpha value is -0.860. The van der Waals surface area contributed by atoms with Crippen molar-refractivity contribution in [1.82, 2.24) is 9.80 Å². The lowest BCUT2D eigenvalue weighted by atomic mass is 9.98. The van der Waals surface area contributed by atoms with E-state index in [1.54, 1.807) is 0 Å². The molecule has 2 rings (SSSR count). The molecule has 1 saturated carbocycles. The first-order valence-electron chi connectivity index (χ1n) is 6.81. The summed E-state index contributed by atoms with van der Waals surface area (Å²) >= 11 is 0. The van der Waals surface area contributed by atoms with Gasteiger partial charge in [0.1, 0.15) is 0 Å². The molecule has 1 saturated heterocycles. The molecule has 2 unspecified atom stereocenters. The molecule has 1 amide bonds. The predicted molar refractivity (Wildman–Crippen MR) is 67.8 cm³/mol. The molecule has 2 fully saturated rings. The molecule has 20 heavy (non-hydrogen) atoms. The lowest BCUT2D eigenvalue weighted by molar-refractivity contribution is -0.149. The summed E-state index contributed by atoms with van der Waals surface area (Å²) in [6.07, 6.45) is -2.32. The van der Waals surface area contributed by atoms with Gasteiger partial charge in [0.15, 0.2) is 0 Å². The van der Waals surface area contributed by atoms with Gasteiger partial charge < -0.3 is 11.5 Å². The minimum atomic E-state index is -4.14. The fourth-order valence-electron chi connectivity index (χ4n) is 3.12. The van der Waals surface area contributed by atoms with E-state index in [-0.39, 0.29) is 6.04 Å². The van der Waals surface area contributed by atoms with Crippen LogP contribution < -0.4 is 11.5 Å². The molecule has 0 aromatic rings. The van der Waals surface area contributed by atoms with Crippen LogP contribution >= 0.6 is 0 Å². The first-order chi connectivity index (χ1) is 9.20. The monoisotopic (exact) mass is 294 g/mol. The van der Waals surface area contributed by atoms with Gasteiger partial charge in [0.05, 0.1) is 12.1 Å². The molecule has 5 nitrogen and oxygen atoms in total. The zero-order chi connectivity index (χ0) is 15.0. The smallest absolute Gasteiger partial charge is 0.368 e. The van der Waals surface area contributed by atoms with E-state index in [9.17, 15) is 18.0 Å². The maximum Gasteiger partial charge on any atom is 0.401 e. The Bertz CT molecular complexity index is 368. The number of nitrogens with zero attached hydrogens (tertiary/aromatic N) is 2. The van der Waals surface area contributed by atoms with Gasteiger partial charge in [-0.25, -0.2) is 0 Å². The molecular weight excluding hydrogens is 273 g/mol. The topological polar surface area (TPSA) is 75.6 Å². The molecule has 0 aromatic carbocycles. The minimum absolute atomic E-state index is 0.153. The second kappa shape index (κ2) is 5.50. The van der Waals surface area contributed by atoms with Gasteiger partial charge in [-0.3, -0.25) is 14.6 Å². The molecule has 2 aliphatic rings. The Kier molecular flexibility index (Phi) is 4.27. The van der Waals surface area contributed by atoms with E-state index in [1.807, 2.05) is 0 Å². The van der Waals surface area contributed by atoms with E-state index >= 15 is 0 Å². The molecule has 0 aromatic heterocycles. The average molecular weight is 294 g/mol. The van der Waals surface area contributed by atoms with Gasteiger partial charge in [0.2, 0.25) is 5.91 Å². The molecule has 0 bridgehead atoms. The summed E-state index contributed by atoms with van der Waals surface area (Å²) in [5.74, 6) is -0.490. The fraction of sp³-hybridized carbons (Fsp3) is 0.917. The van der Waals surface area contributed by atoms with Crippen LogP contribution in [0.2, 0.25) is 0 Å². The van der Waals surface area contributed by atoms with Crippen molar-refractivity contribution in [1.29, 1.82) is 0 Å². The van der Waals surface area contributed by atoms with Crippen LogP contribution in [0.4, 0.5) is 13.2 Å². The second-order valence-corrected chi connectivity index (χ2v) is 5.84. The van der Waals surface area contributed by atoms with Gasteiger partial charge in [-0.15, -0.1) is 0 Å². The van der Waals surface area contributed by atoms with Gasteiger partial charge in [0, 0.05) is 32.2 Å². The van der Waals surface area contributed by atoms with Crippen molar-refractivity contribution in [2.45, 2.75) is 37.0 Å². The summed E-state index contributed by atoms with van der Waals surface area (Å²) in [7, 11) is 0. The maximum absolute atomic E-state index is 12.3. The molecule has 0 radical (unpaired) electrons. The third kappa shape index (κ3) is 3.62. The van der Waals surface area contributed by atoms with E-state index in [1.165, 1.54) is 4.90 Å². The Morgan fingerprint density at radius 1 is 1.25 bits per heavy atom. The summed E-state index contributed by atoms with van der Waals surface area (Å²) < 4.78 is 36.9. The normalized spacial score (nSPS) is 33.5. The number of alkyl halides is 3. The summed E-state index contributed by atoms with van der Waals surface area (Å²) in [6, 6.07) is 0.153. The number of hydrogen-bond acceptors (Lipinski definition) is 4. The van der Waals surface area contributed by atoms with E-state index in [4.69, 9.17) is 11.5 Å². The van der Waals surface area contributed by atoms with Crippen molar-refractivity contribution in [2.24, 2.45) is 11.5 Å². The number of rotatable bonds is 3. The SMILES string of the molecule is NC(=O)C1(N)CCC(N2CCN(CC(F)(F)F)CC2)C1. The zero-order valence-corrected chi connectivity index (χ0v) is 11.3. The van der Waals surface area contributed by atoms with Crippen LogP contribution in [0.5, 0.6) is 0 Å². The van der Waals surface area contributed by atoms with Crippen LogP contribution in [0.15, 0.2) is 0 Å². The predicted octanol–water partition coefficient (Wildman–Crippen LogP) is -0.0984. The number of primary amides is 1. The van der Waals surface area contributed by atoms with Crippen LogP contribution in [-0.2, 0) is 4.79 Å². The summed E-state index contributed by atoms with van der Waals surface area (Å²) in [5.41, 5.74) is 10.3. The quantitative estimate of drug-likeness (QED) is 0.762. The van der Waals surface area contributed by atoms with Gasteiger partial charge in [-0.2, -0.15) is 13.2 Å². The highest BCUT2D eigenvalue weighted by Gasteiger charge is 2.43. The number of amides is 1. The Morgan fingerprint density at radius 2 is 1.85 bits per heavy atom. The maximum atomic E-state index is 12.3. The Labute approximate surface area is 116 Å². The number of piperazine rings is 1. The molecule has 0 spiro atoms. The van der Waals surface area contributed by atoms with Gasteiger partial charge >= 0.3 is 6.18 Å². The van der Waals surface area contributed by atoms with Crippen molar-refractivity contribution in [3.8, 4) is 0 Å². The first kappa shape index (κ1) is 15.5. The highest BCUT2D eigenvalue weighted by Crippen LogP contribution is 2.31. The van der Waals surface area contributed by atoms with Gasteiger partial charge in [0.25, 0.3) is 0 Å². The molecule has 1 heterocycles. The summed E-state index contributed by atoms with van der Waals surface area (Å²) in [5, 5.41) is 0. The van der Waals surface area contributed by atoms with Crippen molar-refractivity contribution in [3.05, 3.63) is 0 Å². The Morgan fingerprint density at radius 3 is 2.30 bits per heavy atom. The zero-order valence-electron chi connectivity index (χ0n) is 11.3. The third-order valence-electron chi connectivity index (χ3n) is 4.34. The standard InChI is InChI=1S/C12H21F3N4O/c13-12(14,15)8-18-3-5-19(6-4-18)9-1-2-11(17,7-9)10(16)20/h9H,1-8,17H2,(H2,16,20). The number of nitrogens with two attached hydrogens (primary N) is 2. The lowest BCUT2D eigenvalue weighted by Crippen LogP contribution is -2.54. The van der Waals surface area contributed by atoms with E-state index < -0.39 is 24.2 Å². The van der Waals surface area contributed by atoms with Crippen molar-refractivity contribution in [2.75, 3.05) is 32.7 Å². The lowest BCUT2D eigenvalue weighted by Gasteiger charge is -2.38. The van der Waals surface area contributed by atoms with Crippen LogP contribution in [-0.4, -0.2) is 66.2 Å². The molecule has 116 valence electrons. The van der Waals surface area contributed by atoms with Crippen molar-refractivity contribution < 1.29 is 18.0 Å². The molecule has 2 atom stereocenters. The molecular formula is C12H21F3N4O. The molecule has 1 aliphatic carbocycles. The van der Waals surface area contributed by atoms with Gasteiger partial charge in [-0.1, -0.05) is 0 Å². The van der Waals surface area contributed by atoms with E-state index in [2.05, 4.69) is 4.90 Å². The van der Waals surface area contributed by atoms with E-state index in [0.717, 1.165) is 6.42 Å². The largest absolute Gasteiger partial charge is 0.401 e. The van der Waals surface area contributed by atoms with E-state index in [0.29, 0.717) is 39.0 Å². The molecule has 1 aliphatic heterocycles. The number of halogens is 3. The van der Waals surface area contributed by atoms with Crippen molar-refractivity contribution >= 4 is 5.91 Å². The number of hydrogen-bond donors (Lipinski definition) is 2. The number of carbonyl (C=O) groups excluding carboxylic acids is 1. The van der Waals surface area contributed by atoms with Gasteiger partial charge in [-0.05, 0) is 19.3 Å². The summed E-state index contributed by atoms with van der Waals surface area (Å²) in [6.45, 7) is 1.09. The first-order valence-corrected chi connectivity index (χ1v) is 6.81. The van der Waals surface area contributed by atoms with Crippen LogP contribution in [0.3, 0.4) is 0 Å². The highest BCUT2D eigenvalue weighted by molar-refractivity contribution is 5.84. The van der Waals surface area contributed by atoms with Crippen molar-refractivity contribution in [3.63, 3.8) is 0 Å². The number of carbonyl (C=O) groups is 1. The summed E-state index contributed by atoms with van der Waals surface area (Å²) in [4.78, 5) is 14.8. The molecule has 4 N–H and O–H groups in total. The fourth-order valence-corrected chi connectivity index (χ4v) is 3.12. The average Bonchev–Trinajstić information content (AvgIpc) is 2.72. The highest BCUT2D eigenvalue weighted by atomic mass is 19.4. The van der Waals surface area contributed by atoms with Crippen LogP contribution in [0.25, 0.3) is 0 Å². The Balaban J connectivity index is 1.82. The third-order valence-corrected chi connectivity index (χ3v) is 4.34. The van der Waals surface area contributed by atoms with Crippen LogP contribution in [0, 0.1) is 0 Å².